The summed E-state index contributed by atoms with van der Waals surface area (Å²) in [5.41, 5.74) is 4.03. The third-order valence-corrected chi connectivity index (χ3v) is 2.86. The lowest BCUT2D eigenvalue weighted by Gasteiger charge is -2.10. The van der Waals surface area contributed by atoms with Gasteiger partial charge in [-0.25, -0.2) is 0 Å². The van der Waals surface area contributed by atoms with Gasteiger partial charge in [0.1, 0.15) is 11.5 Å². The highest BCUT2D eigenvalue weighted by Crippen LogP contribution is 2.22. The zero-order chi connectivity index (χ0) is 15.1. The first-order valence-corrected chi connectivity index (χ1v) is 6.62. The number of hydrogen-bond acceptors (Lipinski definition) is 4. The molecule has 0 aliphatic heterocycles. The van der Waals surface area contributed by atoms with Crippen LogP contribution in [0.2, 0.25) is 0 Å². The second-order valence-electron chi connectivity index (χ2n) is 4.08. The Morgan fingerprint density at radius 1 is 1.19 bits per heavy atom. The van der Waals surface area contributed by atoms with Gasteiger partial charge in [-0.2, -0.15) is 5.10 Å². The third-order valence-electron chi connectivity index (χ3n) is 2.66. The molecule has 0 unspecified atom stereocenters. The lowest BCUT2D eigenvalue weighted by atomic mass is 10.2. The number of nitrogens with zero attached hydrogens (tertiary/aromatic N) is 1. The number of ether oxygens (including phenoxy) is 1. The average molecular weight is 301 g/mol. The van der Waals surface area contributed by atoms with Crippen LogP contribution in [0.5, 0.6) is 11.5 Å². The number of methoxy groups -OCH3 is 1. The predicted octanol–water partition coefficient (Wildman–Crippen LogP) is 2.72. The Balaban J connectivity index is 1.95. The Labute approximate surface area is 128 Å². The van der Waals surface area contributed by atoms with Crippen molar-refractivity contribution < 1.29 is 9.84 Å². The number of aromatic hydroxyl groups is 1. The average Bonchev–Trinajstić information content (AvgIpc) is 2.50. The van der Waals surface area contributed by atoms with Crippen LogP contribution in [0.25, 0.3) is 0 Å². The van der Waals surface area contributed by atoms with Crippen molar-refractivity contribution in [3.63, 3.8) is 0 Å². The number of phenols is 1. The summed E-state index contributed by atoms with van der Waals surface area (Å²) in [6, 6.07) is 14.3. The van der Waals surface area contributed by atoms with Crippen LogP contribution in [0, 0.1) is 0 Å². The smallest absolute Gasteiger partial charge is 0.191 e. The van der Waals surface area contributed by atoms with Gasteiger partial charge in [0.2, 0.25) is 0 Å². The molecule has 2 aromatic rings. The normalized spacial score (nSPS) is 10.3. The van der Waals surface area contributed by atoms with E-state index in [0.29, 0.717) is 16.4 Å². The monoisotopic (exact) mass is 301 g/mol. The Hall–Kier alpha value is -2.60. The molecule has 0 aliphatic carbocycles. The van der Waals surface area contributed by atoms with Gasteiger partial charge in [-0.3, -0.25) is 5.43 Å². The van der Waals surface area contributed by atoms with Crippen LogP contribution in [0.3, 0.4) is 0 Å². The van der Waals surface area contributed by atoms with E-state index in [9.17, 15) is 5.11 Å². The molecule has 0 bridgehead atoms. The van der Waals surface area contributed by atoms with Gasteiger partial charge >= 0.3 is 0 Å². The quantitative estimate of drug-likeness (QED) is 0.460. The van der Waals surface area contributed by atoms with Gasteiger partial charge < -0.3 is 15.2 Å². The van der Waals surface area contributed by atoms with Crippen LogP contribution in [-0.4, -0.2) is 23.5 Å². The predicted molar refractivity (Wildman–Crippen MR) is 88.1 cm³/mol. The third kappa shape index (κ3) is 4.19. The van der Waals surface area contributed by atoms with Crippen LogP contribution in [0.4, 0.5) is 5.69 Å². The number of para-hydroxylation sites is 3. The summed E-state index contributed by atoms with van der Waals surface area (Å²) in [6.45, 7) is 0. The molecular formula is C15H15N3O2S. The van der Waals surface area contributed by atoms with E-state index in [1.165, 1.54) is 6.21 Å². The Kier molecular flexibility index (Phi) is 5.11. The molecule has 5 nitrogen and oxygen atoms in total. The summed E-state index contributed by atoms with van der Waals surface area (Å²) in [6.07, 6.45) is 1.49. The van der Waals surface area contributed by atoms with Crippen molar-refractivity contribution >= 4 is 29.2 Å². The molecule has 108 valence electrons. The van der Waals surface area contributed by atoms with E-state index in [4.69, 9.17) is 17.0 Å². The van der Waals surface area contributed by atoms with E-state index in [-0.39, 0.29) is 5.75 Å². The molecular weight excluding hydrogens is 286 g/mol. The maximum absolute atomic E-state index is 9.60. The van der Waals surface area contributed by atoms with Gasteiger partial charge in [0.25, 0.3) is 0 Å². The van der Waals surface area contributed by atoms with Gasteiger partial charge in [-0.05, 0) is 36.5 Å². The first-order chi connectivity index (χ1) is 10.2. The first kappa shape index (κ1) is 14.8. The first-order valence-electron chi connectivity index (χ1n) is 6.22. The van der Waals surface area contributed by atoms with Crippen molar-refractivity contribution in [2.24, 2.45) is 5.10 Å². The van der Waals surface area contributed by atoms with E-state index in [0.717, 1.165) is 5.69 Å². The molecule has 0 fully saturated rings. The minimum Gasteiger partial charge on any atom is -0.507 e. The molecule has 0 atom stereocenters. The number of benzene rings is 2. The highest BCUT2D eigenvalue weighted by molar-refractivity contribution is 7.80. The fourth-order valence-electron chi connectivity index (χ4n) is 1.66. The van der Waals surface area contributed by atoms with Crippen molar-refractivity contribution in [1.29, 1.82) is 0 Å². The largest absolute Gasteiger partial charge is 0.507 e. The Morgan fingerprint density at radius 3 is 2.67 bits per heavy atom. The SMILES string of the molecule is COc1ccccc1NC(=S)N/N=C/c1ccccc1O. The summed E-state index contributed by atoms with van der Waals surface area (Å²) >= 11 is 5.14. The maximum atomic E-state index is 9.60. The molecule has 0 amide bonds. The molecule has 2 aromatic carbocycles. The molecule has 21 heavy (non-hydrogen) atoms. The van der Waals surface area contributed by atoms with Crippen molar-refractivity contribution in [3.05, 3.63) is 54.1 Å². The van der Waals surface area contributed by atoms with Crippen LogP contribution in [0.1, 0.15) is 5.56 Å². The van der Waals surface area contributed by atoms with Gasteiger partial charge in [0.05, 0.1) is 19.0 Å². The molecule has 0 spiro atoms. The molecule has 0 saturated heterocycles. The Morgan fingerprint density at radius 2 is 1.90 bits per heavy atom. The lowest BCUT2D eigenvalue weighted by Crippen LogP contribution is -2.24. The summed E-state index contributed by atoms with van der Waals surface area (Å²) in [5.74, 6) is 0.845. The summed E-state index contributed by atoms with van der Waals surface area (Å²) < 4.78 is 5.21. The second kappa shape index (κ2) is 7.25. The minimum atomic E-state index is 0.159. The summed E-state index contributed by atoms with van der Waals surface area (Å²) in [5, 5.41) is 16.9. The zero-order valence-electron chi connectivity index (χ0n) is 11.4. The molecule has 0 aromatic heterocycles. The van der Waals surface area contributed by atoms with Gasteiger partial charge in [0, 0.05) is 5.56 Å². The van der Waals surface area contributed by atoms with Gasteiger partial charge in [-0.1, -0.05) is 24.3 Å². The summed E-state index contributed by atoms with van der Waals surface area (Å²) in [4.78, 5) is 0. The zero-order valence-corrected chi connectivity index (χ0v) is 12.2. The molecule has 0 saturated carbocycles. The molecule has 0 aliphatic rings. The molecule has 0 radical (unpaired) electrons. The van der Waals surface area contributed by atoms with Crippen molar-refractivity contribution in [2.45, 2.75) is 0 Å². The lowest BCUT2D eigenvalue weighted by molar-refractivity contribution is 0.417. The Bertz CT molecular complexity index is 659. The van der Waals surface area contributed by atoms with Crippen LogP contribution in [-0.2, 0) is 0 Å². The topological polar surface area (TPSA) is 65.9 Å². The van der Waals surface area contributed by atoms with Crippen LogP contribution in [0.15, 0.2) is 53.6 Å². The standard InChI is InChI=1S/C15H15N3O2S/c1-20-14-9-5-3-7-12(14)17-15(21)18-16-10-11-6-2-4-8-13(11)19/h2-10,19H,1H3,(H2,17,18,21)/b16-10+. The number of thiocarbonyl (C=S) groups is 1. The number of anilines is 1. The number of hydrogen-bond donors (Lipinski definition) is 3. The molecule has 2 rings (SSSR count). The van der Waals surface area contributed by atoms with E-state index in [1.54, 1.807) is 25.3 Å². The number of rotatable bonds is 4. The van der Waals surface area contributed by atoms with E-state index < -0.39 is 0 Å². The highest BCUT2D eigenvalue weighted by atomic mass is 32.1. The summed E-state index contributed by atoms with van der Waals surface area (Å²) in [7, 11) is 1.59. The molecule has 6 heteroatoms. The number of phenolic OH excluding ortho intramolecular Hbond substituents is 1. The number of nitrogens with one attached hydrogen (secondary N) is 2. The highest BCUT2D eigenvalue weighted by Gasteiger charge is 2.02. The molecule has 0 heterocycles. The van der Waals surface area contributed by atoms with Crippen molar-refractivity contribution in [3.8, 4) is 11.5 Å². The fraction of sp³-hybridized carbons (Fsp3) is 0.0667. The van der Waals surface area contributed by atoms with Crippen LogP contribution >= 0.6 is 12.2 Å². The van der Waals surface area contributed by atoms with Crippen molar-refractivity contribution in [1.82, 2.24) is 5.43 Å². The molecule has 3 N–H and O–H groups in total. The second-order valence-corrected chi connectivity index (χ2v) is 4.49. The van der Waals surface area contributed by atoms with Crippen LogP contribution < -0.4 is 15.5 Å². The fourth-order valence-corrected chi connectivity index (χ4v) is 1.82. The van der Waals surface area contributed by atoms with Gasteiger partial charge in [-0.15, -0.1) is 0 Å². The van der Waals surface area contributed by atoms with Crippen molar-refractivity contribution in [2.75, 3.05) is 12.4 Å². The van der Waals surface area contributed by atoms with E-state index in [1.807, 2.05) is 30.3 Å². The number of hydrazone groups is 1. The van der Waals surface area contributed by atoms with E-state index >= 15 is 0 Å². The minimum absolute atomic E-state index is 0.159. The van der Waals surface area contributed by atoms with Gasteiger partial charge in [0.15, 0.2) is 5.11 Å². The maximum Gasteiger partial charge on any atom is 0.191 e. The van der Waals surface area contributed by atoms with E-state index in [2.05, 4.69) is 15.8 Å².